The molecule has 0 unspecified atom stereocenters. The van der Waals surface area contributed by atoms with E-state index in [1.165, 1.54) is 0 Å². The molecule has 2 aromatic rings. The van der Waals surface area contributed by atoms with Gasteiger partial charge in [0.05, 0.1) is 12.8 Å². The summed E-state index contributed by atoms with van der Waals surface area (Å²) in [7, 11) is 0. The van der Waals surface area contributed by atoms with Gasteiger partial charge < -0.3 is 9.47 Å². The minimum Gasteiger partial charge on any atom is -0.494 e. The lowest BCUT2D eigenvalue weighted by Crippen LogP contribution is -2.24. The number of unbranched alkanes of at least 4 members (excludes halogenated alkanes) is 1. The summed E-state index contributed by atoms with van der Waals surface area (Å²) >= 11 is 0. The maximum atomic E-state index is 11.7. The zero-order valence-electron chi connectivity index (χ0n) is 14.7. The predicted octanol–water partition coefficient (Wildman–Crippen LogP) is 3.70. The highest BCUT2D eigenvalue weighted by Gasteiger charge is 2.03. The van der Waals surface area contributed by atoms with Gasteiger partial charge in [-0.25, -0.2) is 5.43 Å². The Balaban J connectivity index is 1.74. The Bertz CT molecular complexity index is 696. The van der Waals surface area contributed by atoms with Crippen molar-refractivity contribution in [1.29, 1.82) is 0 Å². The molecule has 0 radical (unpaired) electrons. The molecule has 1 N–H and O–H groups in total. The van der Waals surface area contributed by atoms with Crippen molar-refractivity contribution < 1.29 is 14.3 Å². The molecular formula is C20H24N2O3. The van der Waals surface area contributed by atoms with Gasteiger partial charge in [-0.2, -0.15) is 5.10 Å². The van der Waals surface area contributed by atoms with E-state index < -0.39 is 0 Å². The van der Waals surface area contributed by atoms with Gasteiger partial charge in [-0.1, -0.05) is 31.5 Å². The zero-order valence-corrected chi connectivity index (χ0v) is 14.7. The van der Waals surface area contributed by atoms with Gasteiger partial charge in [-0.3, -0.25) is 4.79 Å². The summed E-state index contributed by atoms with van der Waals surface area (Å²) in [5.74, 6) is 1.22. The van der Waals surface area contributed by atoms with Crippen molar-refractivity contribution in [3.05, 3.63) is 59.7 Å². The van der Waals surface area contributed by atoms with E-state index in [0.717, 1.165) is 36.3 Å². The molecule has 0 aliphatic heterocycles. The fourth-order valence-corrected chi connectivity index (χ4v) is 2.06. The van der Waals surface area contributed by atoms with Gasteiger partial charge in [0.2, 0.25) is 0 Å². The molecule has 5 heteroatoms. The normalized spacial score (nSPS) is 10.6. The van der Waals surface area contributed by atoms with Crippen LogP contribution in [-0.2, 0) is 4.79 Å². The summed E-state index contributed by atoms with van der Waals surface area (Å²) in [4.78, 5) is 11.7. The number of rotatable bonds is 9. The lowest BCUT2D eigenvalue weighted by molar-refractivity contribution is -0.123. The number of amides is 1. The Labute approximate surface area is 148 Å². The number of hydrogen-bond donors (Lipinski definition) is 1. The lowest BCUT2D eigenvalue weighted by atomic mass is 10.2. The minimum absolute atomic E-state index is 0.0770. The van der Waals surface area contributed by atoms with E-state index in [-0.39, 0.29) is 12.5 Å². The Morgan fingerprint density at radius 3 is 2.60 bits per heavy atom. The van der Waals surface area contributed by atoms with Crippen molar-refractivity contribution >= 4 is 12.1 Å². The van der Waals surface area contributed by atoms with Crippen LogP contribution in [0.15, 0.2) is 53.6 Å². The number of carbonyl (C=O) groups excluding carboxylic acids is 1. The van der Waals surface area contributed by atoms with Gasteiger partial charge in [0, 0.05) is 0 Å². The summed E-state index contributed by atoms with van der Waals surface area (Å²) in [6.45, 7) is 4.71. The third-order valence-electron chi connectivity index (χ3n) is 3.50. The molecule has 0 saturated heterocycles. The molecule has 2 aromatic carbocycles. The van der Waals surface area contributed by atoms with Gasteiger partial charge in [0.1, 0.15) is 11.5 Å². The van der Waals surface area contributed by atoms with E-state index in [2.05, 4.69) is 17.5 Å². The van der Waals surface area contributed by atoms with E-state index in [1.807, 2.05) is 55.5 Å². The summed E-state index contributed by atoms with van der Waals surface area (Å²) in [5.41, 5.74) is 4.32. The smallest absolute Gasteiger partial charge is 0.277 e. The van der Waals surface area contributed by atoms with Crippen molar-refractivity contribution in [2.24, 2.45) is 5.10 Å². The van der Waals surface area contributed by atoms with Crippen LogP contribution in [0.25, 0.3) is 0 Å². The van der Waals surface area contributed by atoms with Crippen LogP contribution in [0.3, 0.4) is 0 Å². The highest BCUT2D eigenvalue weighted by molar-refractivity contribution is 5.83. The average molecular weight is 340 g/mol. The number of ether oxygens (including phenoxy) is 2. The molecule has 0 aliphatic carbocycles. The van der Waals surface area contributed by atoms with Gasteiger partial charge >= 0.3 is 0 Å². The Hall–Kier alpha value is -2.82. The van der Waals surface area contributed by atoms with Crippen LogP contribution in [0.1, 0.15) is 30.9 Å². The SMILES string of the molecule is CCCCOc1ccc(/C=N/NC(=O)COc2ccccc2C)cc1. The first-order valence-electron chi connectivity index (χ1n) is 8.42. The number of hydrazone groups is 1. The van der Waals surface area contributed by atoms with Crippen LogP contribution >= 0.6 is 0 Å². The van der Waals surface area contributed by atoms with Crippen LogP contribution in [0, 0.1) is 6.92 Å². The first kappa shape index (κ1) is 18.5. The first-order valence-corrected chi connectivity index (χ1v) is 8.42. The van der Waals surface area contributed by atoms with Crippen LogP contribution in [0.4, 0.5) is 0 Å². The molecule has 0 bridgehead atoms. The molecule has 0 fully saturated rings. The average Bonchev–Trinajstić information content (AvgIpc) is 2.62. The number of aryl methyl sites for hydroxylation is 1. The van der Waals surface area contributed by atoms with Crippen LogP contribution in [-0.4, -0.2) is 25.3 Å². The quantitative estimate of drug-likeness (QED) is 0.430. The fourth-order valence-electron chi connectivity index (χ4n) is 2.06. The fraction of sp³-hybridized carbons (Fsp3) is 0.300. The Kier molecular flexibility index (Phi) is 7.50. The molecule has 5 nitrogen and oxygen atoms in total. The van der Waals surface area contributed by atoms with Gasteiger partial charge in [0.15, 0.2) is 6.61 Å². The van der Waals surface area contributed by atoms with E-state index in [9.17, 15) is 4.79 Å². The molecule has 0 aromatic heterocycles. The third-order valence-corrected chi connectivity index (χ3v) is 3.50. The van der Waals surface area contributed by atoms with E-state index in [0.29, 0.717) is 5.75 Å². The van der Waals surface area contributed by atoms with Crippen LogP contribution in [0.2, 0.25) is 0 Å². The largest absolute Gasteiger partial charge is 0.494 e. The lowest BCUT2D eigenvalue weighted by Gasteiger charge is -2.07. The second-order valence-corrected chi connectivity index (χ2v) is 5.62. The molecule has 0 aliphatic rings. The predicted molar refractivity (Wildman–Crippen MR) is 99.3 cm³/mol. The molecule has 1 amide bonds. The van der Waals surface area contributed by atoms with Crippen molar-refractivity contribution in [3.8, 4) is 11.5 Å². The second kappa shape index (κ2) is 10.1. The zero-order chi connectivity index (χ0) is 17.9. The summed E-state index contributed by atoms with van der Waals surface area (Å²) in [6, 6.07) is 15.1. The molecule has 0 saturated carbocycles. The van der Waals surface area contributed by atoms with Gasteiger partial charge in [-0.15, -0.1) is 0 Å². The maximum Gasteiger partial charge on any atom is 0.277 e. The van der Waals surface area contributed by atoms with Gasteiger partial charge in [0.25, 0.3) is 5.91 Å². The third kappa shape index (κ3) is 6.67. The van der Waals surface area contributed by atoms with Crippen LogP contribution < -0.4 is 14.9 Å². The standard InChI is InChI=1S/C20H24N2O3/c1-3-4-13-24-18-11-9-17(10-12-18)14-21-22-20(23)15-25-19-8-6-5-7-16(19)2/h5-12,14H,3-4,13,15H2,1-2H3,(H,22,23)/b21-14+. The highest BCUT2D eigenvalue weighted by atomic mass is 16.5. The minimum atomic E-state index is -0.306. The Morgan fingerprint density at radius 2 is 1.88 bits per heavy atom. The molecule has 132 valence electrons. The van der Waals surface area contributed by atoms with Gasteiger partial charge in [-0.05, 0) is 54.8 Å². The summed E-state index contributed by atoms with van der Waals surface area (Å²) < 4.78 is 11.1. The molecule has 0 heterocycles. The van der Waals surface area contributed by atoms with Crippen molar-refractivity contribution in [2.75, 3.05) is 13.2 Å². The first-order chi connectivity index (χ1) is 12.2. The molecule has 2 rings (SSSR count). The van der Waals surface area contributed by atoms with E-state index >= 15 is 0 Å². The maximum absolute atomic E-state index is 11.7. The molecular weight excluding hydrogens is 316 g/mol. The summed E-state index contributed by atoms with van der Waals surface area (Å²) in [6.07, 6.45) is 3.74. The van der Waals surface area contributed by atoms with Crippen LogP contribution in [0.5, 0.6) is 11.5 Å². The molecule has 0 atom stereocenters. The second-order valence-electron chi connectivity index (χ2n) is 5.62. The van der Waals surface area contributed by atoms with Crippen molar-refractivity contribution in [2.45, 2.75) is 26.7 Å². The monoisotopic (exact) mass is 340 g/mol. The number of nitrogens with zero attached hydrogens (tertiary/aromatic N) is 1. The number of benzene rings is 2. The van der Waals surface area contributed by atoms with Crippen molar-refractivity contribution in [3.63, 3.8) is 0 Å². The number of carbonyl (C=O) groups is 1. The number of hydrogen-bond acceptors (Lipinski definition) is 4. The Morgan fingerprint density at radius 1 is 1.12 bits per heavy atom. The number of para-hydroxylation sites is 1. The van der Waals surface area contributed by atoms with E-state index in [1.54, 1.807) is 6.21 Å². The molecule has 25 heavy (non-hydrogen) atoms. The highest BCUT2D eigenvalue weighted by Crippen LogP contribution is 2.15. The van der Waals surface area contributed by atoms with E-state index in [4.69, 9.17) is 9.47 Å². The summed E-state index contributed by atoms with van der Waals surface area (Å²) in [5, 5.41) is 3.94. The molecule has 0 spiro atoms. The van der Waals surface area contributed by atoms with Crippen molar-refractivity contribution in [1.82, 2.24) is 5.43 Å². The topological polar surface area (TPSA) is 59.9 Å². The number of nitrogens with one attached hydrogen (secondary N) is 1.